The first-order valence-corrected chi connectivity index (χ1v) is 8.57. The summed E-state index contributed by atoms with van der Waals surface area (Å²) in [5.41, 5.74) is 2.06. The lowest BCUT2D eigenvalue weighted by Crippen LogP contribution is -2.35. The van der Waals surface area contributed by atoms with E-state index in [2.05, 4.69) is 16.0 Å². The Bertz CT molecular complexity index is 788. The van der Waals surface area contributed by atoms with Gasteiger partial charge in [0.25, 0.3) is 5.91 Å². The zero-order chi connectivity index (χ0) is 17.6. The topological polar surface area (TPSA) is 70.2 Å². The van der Waals surface area contributed by atoms with E-state index in [1.165, 1.54) is 0 Å². The molecule has 0 unspecified atom stereocenters. The molecule has 0 aliphatic heterocycles. The molecule has 0 atom stereocenters. The molecule has 25 heavy (non-hydrogen) atoms. The summed E-state index contributed by atoms with van der Waals surface area (Å²) in [6, 6.07) is 16.8. The molecule has 1 aliphatic carbocycles. The average Bonchev–Trinajstić information content (AvgIpc) is 3.46. The van der Waals surface area contributed by atoms with Gasteiger partial charge in [-0.3, -0.25) is 9.59 Å². The van der Waals surface area contributed by atoms with E-state index in [1.54, 1.807) is 18.2 Å². The molecule has 0 heterocycles. The quantitative estimate of drug-likeness (QED) is 0.723. The van der Waals surface area contributed by atoms with Gasteiger partial charge in [0.05, 0.1) is 11.3 Å². The van der Waals surface area contributed by atoms with Gasteiger partial charge in [-0.2, -0.15) is 0 Å². The highest BCUT2D eigenvalue weighted by Crippen LogP contribution is 2.28. The van der Waals surface area contributed by atoms with Crippen molar-refractivity contribution in [2.45, 2.75) is 19.4 Å². The smallest absolute Gasteiger partial charge is 0.253 e. The van der Waals surface area contributed by atoms with E-state index >= 15 is 0 Å². The molecule has 128 valence electrons. The van der Waals surface area contributed by atoms with Gasteiger partial charge >= 0.3 is 0 Å². The Balaban J connectivity index is 1.62. The van der Waals surface area contributed by atoms with Gasteiger partial charge in [-0.15, -0.1) is 0 Å². The molecule has 2 aromatic carbocycles. The number of rotatable bonds is 5. The summed E-state index contributed by atoms with van der Waals surface area (Å²) >= 11 is 5.17. The molecule has 0 radical (unpaired) electrons. The largest absolute Gasteiger partial charge is 0.348 e. The van der Waals surface area contributed by atoms with Crippen LogP contribution in [0.15, 0.2) is 54.6 Å². The minimum atomic E-state index is -0.205. The van der Waals surface area contributed by atoms with Gasteiger partial charge in [-0.25, -0.2) is 0 Å². The minimum absolute atomic E-state index is 0.0662. The van der Waals surface area contributed by atoms with Crippen molar-refractivity contribution in [2.75, 3.05) is 5.32 Å². The van der Waals surface area contributed by atoms with Crippen molar-refractivity contribution in [1.29, 1.82) is 0 Å². The van der Waals surface area contributed by atoms with Gasteiger partial charge in [0.15, 0.2) is 5.11 Å². The Morgan fingerprint density at radius 3 is 2.40 bits per heavy atom. The fraction of sp³-hybridized carbons (Fsp3) is 0.211. The highest BCUT2D eigenvalue weighted by molar-refractivity contribution is 7.80. The molecule has 2 amide bonds. The molecule has 0 saturated heterocycles. The average molecular weight is 353 g/mol. The van der Waals surface area contributed by atoms with Crippen molar-refractivity contribution < 1.29 is 9.59 Å². The number of nitrogens with one attached hydrogen (secondary N) is 3. The monoisotopic (exact) mass is 353 g/mol. The van der Waals surface area contributed by atoms with Crippen molar-refractivity contribution in [3.05, 3.63) is 65.7 Å². The summed E-state index contributed by atoms with van der Waals surface area (Å²) in [6.07, 6.45) is 1.82. The molecule has 1 fully saturated rings. The van der Waals surface area contributed by atoms with E-state index in [1.807, 2.05) is 36.4 Å². The lowest BCUT2D eigenvalue weighted by atomic mass is 10.1. The van der Waals surface area contributed by atoms with Crippen molar-refractivity contribution in [2.24, 2.45) is 5.92 Å². The van der Waals surface area contributed by atoms with Crippen LogP contribution in [-0.2, 0) is 11.3 Å². The van der Waals surface area contributed by atoms with Crippen LogP contribution in [0.4, 0.5) is 5.69 Å². The Kier molecular flexibility index (Phi) is 5.40. The van der Waals surface area contributed by atoms with Crippen LogP contribution in [0.1, 0.15) is 28.8 Å². The molecular weight excluding hydrogens is 334 g/mol. The minimum Gasteiger partial charge on any atom is -0.348 e. The van der Waals surface area contributed by atoms with Gasteiger partial charge < -0.3 is 16.0 Å². The van der Waals surface area contributed by atoms with Crippen LogP contribution >= 0.6 is 12.2 Å². The SMILES string of the molecule is O=C(NCc1ccccc1)c1ccccc1NC(=S)NC(=O)C1CC1. The first kappa shape index (κ1) is 17.1. The van der Waals surface area contributed by atoms with Gasteiger partial charge in [0.2, 0.25) is 5.91 Å². The number of benzene rings is 2. The maximum absolute atomic E-state index is 12.5. The number of anilines is 1. The molecule has 3 N–H and O–H groups in total. The third-order valence-electron chi connectivity index (χ3n) is 3.90. The van der Waals surface area contributed by atoms with Gasteiger partial charge in [0, 0.05) is 12.5 Å². The number of carbonyl (C=O) groups excluding carboxylic acids is 2. The van der Waals surface area contributed by atoms with Gasteiger partial charge in [0.1, 0.15) is 0 Å². The van der Waals surface area contributed by atoms with Crippen molar-refractivity contribution in [3.63, 3.8) is 0 Å². The van der Waals surface area contributed by atoms with Gasteiger partial charge in [-0.05, 0) is 42.8 Å². The summed E-state index contributed by atoms with van der Waals surface area (Å²) < 4.78 is 0. The number of hydrogen-bond acceptors (Lipinski definition) is 3. The summed E-state index contributed by atoms with van der Waals surface area (Å²) in [5, 5.41) is 8.70. The lowest BCUT2D eigenvalue weighted by Gasteiger charge is -2.13. The summed E-state index contributed by atoms with van der Waals surface area (Å²) in [4.78, 5) is 24.2. The fourth-order valence-electron chi connectivity index (χ4n) is 2.38. The summed E-state index contributed by atoms with van der Waals surface area (Å²) in [7, 11) is 0. The maximum atomic E-state index is 12.5. The first-order valence-electron chi connectivity index (χ1n) is 8.16. The van der Waals surface area contributed by atoms with Crippen LogP contribution in [0.5, 0.6) is 0 Å². The van der Waals surface area contributed by atoms with Crippen LogP contribution < -0.4 is 16.0 Å². The number of carbonyl (C=O) groups is 2. The maximum Gasteiger partial charge on any atom is 0.253 e. The van der Waals surface area contributed by atoms with E-state index < -0.39 is 0 Å². The number of thiocarbonyl (C=S) groups is 1. The van der Waals surface area contributed by atoms with Crippen molar-refractivity contribution in [1.82, 2.24) is 10.6 Å². The van der Waals surface area contributed by atoms with Crippen molar-refractivity contribution in [3.8, 4) is 0 Å². The second kappa shape index (κ2) is 7.90. The van der Waals surface area contributed by atoms with Crippen LogP contribution in [0.25, 0.3) is 0 Å². The molecule has 0 spiro atoms. The Hall–Kier alpha value is -2.73. The highest BCUT2D eigenvalue weighted by atomic mass is 32.1. The van der Waals surface area contributed by atoms with Crippen molar-refractivity contribution >= 4 is 34.8 Å². The van der Waals surface area contributed by atoms with E-state index in [0.29, 0.717) is 17.8 Å². The zero-order valence-electron chi connectivity index (χ0n) is 13.6. The number of amides is 2. The summed E-state index contributed by atoms with van der Waals surface area (Å²) in [5.74, 6) is -0.198. The molecule has 1 saturated carbocycles. The molecule has 3 rings (SSSR count). The van der Waals surface area contributed by atoms with Crippen LogP contribution in [0, 0.1) is 5.92 Å². The second-order valence-electron chi connectivity index (χ2n) is 5.93. The van der Waals surface area contributed by atoms with Crippen LogP contribution in [-0.4, -0.2) is 16.9 Å². The first-order chi connectivity index (χ1) is 12.1. The molecular formula is C19H19N3O2S. The van der Waals surface area contributed by atoms with E-state index in [9.17, 15) is 9.59 Å². The predicted molar refractivity (Wildman–Crippen MR) is 101 cm³/mol. The highest BCUT2D eigenvalue weighted by Gasteiger charge is 2.30. The summed E-state index contributed by atoms with van der Waals surface area (Å²) in [6.45, 7) is 0.441. The second-order valence-corrected chi connectivity index (χ2v) is 6.34. The van der Waals surface area contributed by atoms with Crippen LogP contribution in [0.2, 0.25) is 0 Å². The third kappa shape index (κ3) is 4.87. The normalized spacial score (nSPS) is 13.0. The Morgan fingerprint density at radius 1 is 1.00 bits per heavy atom. The molecule has 1 aliphatic rings. The van der Waals surface area contributed by atoms with Gasteiger partial charge in [-0.1, -0.05) is 42.5 Å². The number of hydrogen-bond donors (Lipinski definition) is 3. The fourth-order valence-corrected chi connectivity index (χ4v) is 2.59. The zero-order valence-corrected chi connectivity index (χ0v) is 14.4. The van der Waals surface area contributed by atoms with Crippen LogP contribution in [0.3, 0.4) is 0 Å². The molecule has 0 aromatic heterocycles. The molecule has 6 heteroatoms. The standard InChI is InChI=1S/C19H19N3O2S/c23-17(14-10-11-14)22-19(25)21-16-9-5-4-8-15(16)18(24)20-12-13-6-2-1-3-7-13/h1-9,14H,10-12H2,(H,20,24)(H2,21,22,23,25). The lowest BCUT2D eigenvalue weighted by molar-refractivity contribution is -0.120. The molecule has 0 bridgehead atoms. The van der Waals surface area contributed by atoms with E-state index in [0.717, 1.165) is 18.4 Å². The predicted octanol–water partition coefficient (Wildman–Crippen LogP) is 2.84. The van der Waals surface area contributed by atoms with E-state index in [-0.39, 0.29) is 22.8 Å². The van der Waals surface area contributed by atoms with E-state index in [4.69, 9.17) is 12.2 Å². The Morgan fingerprint density at radius 2 is 1.68 bits per heavy atom. The molecule has 5 nitrogen and oxygen atoms in total. The Labute approximate surface area is 151 Å². The molecule has 2 aromatic rings. The number of para-hydroxylation sites is 1. The third-order valence-corrected chi connectivity index (χ3v) is 4.10.